The molecule has 6 heteroatoms. The van der Waals surface area contributed by atoms with Gasteiger partial charge >= 0.3 is 0 Å². The number of hydrogen-bond acceptors (Lipinski definition) is 2. The van der Waals surface area contributed by atoms with E-state index >= 15 is 0 Å². The van der Waals surface area contributed by atoms with Crippen LogP contribution in [0.1, 0.15) is 0 Å². The van der Waals surface area contributed by atoms with Crippen LogP contribution in [-0.4, -0.2) is 7.05 Å². The lowest BCUT2D eigenvalue weighted by Gasteiger charge is -1.98. The second-order valence-corrected chi connectivity index (χ2v) is 3.61. The van der Waals surface area contributed by atoms with Crippen molar-refractivity contribution in [1.82, 2.24) is 0 Å². The molecule has 0 aliphatic carbocycles. The Bertz CT molecular complexity index is 488. The molecule has 3 N–H and O–H groups in total. The van der Waals surface area contributed by atoms with Crippen molar-refractivity contribution in [2.45, 2.75) is 0 Å². The van der Waals surface area contributed by atoms with Crippen molar-refractivity contribution >= 4 is 11.4 Å². The van der Waals surface area contributed by atoms with E-state index in [1.807, 2.05) is 0 Å². The topological polar surface area (TPSA) is 38.0 Å². The van der Waals surface area contributed by atoms with Crippen molar-refractivity contribution in [2.75, 3.05) is 18.1 Å². The van der Waals surface area contributed by atoms with Crippen LogP contribution in [0, 0.1) is 23.3 Å². The lowest BCUT2D eigenvalue weighted by Crippen LogP contribution is -1.89. The monoisotopic (exact) mass is 272 g/mol. The van der Waals surface area contributed by atoms with Gasteiger partial charge in [0, 0.05) is 30.6 Å². The number of nitrogens with two attached hydrogens (primary N) is 1. The van der Waals surface area contributed by atoms with Crippen LogP contribution in [0.15, 0.2) is 36.4 Å². The van der Waals surface area contributed by atoms with Crippen LogP contribution in [0.25, 0.3) is 0 Å². The minimum absolute atomic E-state index is 0.104. The summed E-state index contributed by atoms with van der Waals surface area (Å²) in [4.78, 5) is 0. The van der Waals surface area contributed by atoms with Crippen molar-refractivity contribution in [3.63, 3.8) is 0 Å². The summed E-state index contributed by atoms with van der Waals surface area (Å²) in [5.74, 6) is -2.42. The van der Waals surface area contributed by atoms with Crippen LogP contribution >= 0.6 is 0 Å². The van der Waals surface area contributed by atoms with Gasteiger partial charge in [0.2, 0.25) is 0 Å². The van der Waals surface area contributed by atoms with Gasteiger partial charge in [-0.1, -0.05) is 0 Å². The maximum absolute atomic E-state index is 12.3. The molecule has 0 saturated heterocycles. The van der Waals surface area contributed by atoms with Crippen molar-refractivity contribution in [3.8, 4) is 0 Å². The molecule has 0 bridgehead atoms. The zero-order chi connectivity index (χ0) is 14.4. The quantitative estimate of drug-likeness (QED) is 0.615. The molecule has 0 aromatic heterocycles. The maximum Gasteiger partial charge on any atom is 0.128 e. The number of anilines is 2. The number of hydrogen-bond donors (Lipinski definition) is 2. The van der Waals surface area contributed by atoms with E-state index < -0.39 is 23.3 Å². The molecule has 19 heavy (non-hydrogen) atoms. The number of rotatable bonds is 1. The van der Waals surface area contributed by atoms with E-state index in [1.165, 1.54) is 12.1 Å². The Morgan fingerprint density at radius 3 is 1.42 bits per heavy atom. The zero-order valence-electron chi connectivity index (χ0n) is 10.1. The van der Waals surface area contributed by atoms with Crippen molar-refractivity contribution in [2.24, 2.45) is 0 Å². The number of benzene rings is 2. The highest BCUT2D eigenvalue weighted by molar-refractivity contribution is 5.42. The predicted molar refractivity (Wildman–Crippen MR) is 66.7 cm³/mol. The molecule has 2 nitrogen and oxygen atoms in total. The summed E-state index contributed by atoms with van der Waals surface area (Å²) in [6.07, 6.45) is 0. The molecule has 2 aromatic carbocycles. The van der Waals surface area contributed by atoms with Gasteiger partial charge in [-0.05, 0) is 24.3 Å². The zero-order valence-corrected chi connectivity index (χ0v) is 10.1. The second-order valence-electron chi connectivity index (χ2n) is 3.61. The van der Waals surface area contributed by atoms with Crippen LogP contribution in [0.3, 0.4) is 0 Å². The fraction of sp³-hybridized carbons (Fsp3) is 0.0769. The molecule has 0 aliphatic heterocycles. The Morgan fingerprint density at radius 1 is 0.737 bits per heavy atom. The molecule has 0 unspecified atom stereocenters. The average Bonchev–Trinajstić information content (AvgIpc) is 2.26. The molecule has 0 fully saturated rings. The van der Waals surface area contributed by atoms with Crippen LogP contribution in [0.4, 0.5) is 28.9 Å². The summed E-state index contributed by atoms with van der Waals surface area (Å²) in [5, 5.41) is 2.63. The molecule has 0 spiro atoms. The van der Waals surface area contributed by atoms with Gasteiger partial charge in [-0.2, -0.15) is 0 Å². The number of nitrogen functional groups attached to an aromatic ring is 1. The third-order valence-corrected chi connectivity index (χ3v) is 2.04. The summed E-state index contributed by atoms with van der Waals surface area (Å²) >= 11 is 0. The van der Waals surface area contributed by atoms with Gasteiger partial charge < -0.3 is 11.1 Å². The fourth-order valence-corrected chi connectivity index (χ4v) is 1.27. The molecule has 2 aromatic rings. The molecular formula is C13H12F4N2. The van der Waals surface area contributed by atoms with Crippen LogP contribution < -0.4 is 11.1 Å². The molecule has 102 valence electrons. The number of halogens is 4. The Labute approximate surface area is 107 Å². The molecule has 0 radical (unpaired) electrons. The molecule has 0 heterocycles. The van der Waals surface area contributed by atoms with E-state index in [0.717, 1.165) is 24.3 Å². The lowest BCUT2D eigenvalue weighted by atomic mass is 10.3. The van der Waals surface area contributed by atoms with Gasteiger partial charge in [0.15, 0.2) is 0 Å². The summed E-state index contributed by atoms with van der Waals surface area (Å²) in [6, 6.07) is 6.18. The predicted octanol–water partition coefficient (Wildman–Crippen LogP) is 3.55. The molecule has 2 rings (SSSR count). The first-order valence-corrected chi connectivity index (χ1v) is 5.26. The number of nitrogens with one attached hydrogen (secondary N) is 1. The molecule has 0 amide bonds. The van der Waals surface area contributed by atoms with E-state index in [0.29, 0.717) is 5.69 Å². The van der Waals surface area contributed by atoms with Crippen LogP contribution in [0.5, 0.6) is 0 Å². The minimum atomic E-state index is -0.646. The largest absolute Gasteiger partial charge is 0.399 e. The highest BCUT2D eigenvalue weighted by Crippen LogP contribution is 2.11. The third kappa shape index (κ3) is 5.29. The maximum atomic E-state index is 12.3. The van der Waals surface area contributed by atoms with E-state index in [9.17, 15) is 17.6 Å². The van der Waals surface area contributed by atoms with Gasteiger partial charge in [0.1, 0.15) is 23.3 Å². The average molecular weight is 272 g/mol. The van der Waals surface area contributed by atoms with Gasteiger partial charge in [-0.15, -0.1) is 0 Å². The van der Waals surface area contributed by atoms with Gasteiger partial charge in [0.25, 0.3) is 0 Å². The minimum Gasteiger partial charge on any atom is -0.399 e. The summed E-state index contributed by atoms with van der Waals surface area (Å²) < 4.78 is 48.9. The SMILES string of the molecule is CNc1cc(F)cc(F)c1.Nc1cc(F)cc(F)c1. The summed E-state index contributed by atoms with van der Waals surface area (Å²) in [7, 11) is 1.61. The Morgan fingerprint density at radius 2 is 1.11 bits per heavy atom. The van der Waals surface area contributed by atoms with E-state index in [1.54, 1.807) is 7.05 Å². The lowest BCUT2D eigenvalue weighted by molar-refractivity contribution is 0.583. The molecule has 0 atom stereocenters. The molecule has 0 aliphatic rings. The highest BCUT2D eigenvalue weighted by Gasteiger charge is 1.96. The Balaban J connectivity index is 0.000000191. The van der Waals surface area contributed by atoms with Crippen LogP contribution in [-0.2, 0) is 0 Å². The van der Waals surface area contributed by atoms with Gasteiger partial charge in [-0.25, -0.2) is 17.6 Å². The second kappa shape index (κ2) is 6.63. The normalized spacial score (nSPS) is 9.53. The molecule has 0 saturated carbocycles. The third-order valence-electron chi connectivity index (χ3n) is 2.04. The first-order valence-electron chi connectivity index (χ1n) is 5.26. The fourth-order valence-electron chi connectivity index (χ4n) is 1.27. The van der Waals surface area contributed by atoms with E-state index in [4.69, 9.17) is 5.73 Å². The standard InChI is InChI=1S/C7H7F2N.C6H5F2N/c1-10-7-3-5(8)2-6(9)4-7;7-4-1-5(8)3-6(9)2-4/h2-4,10H,1H3;1-3H,9H2. The smallest absolute Gasteiger partial charge is 0.128 e. The summed E-state index contributed by atoms with van der Waals surface area (Å²) in [5.41, 5.74) is 5.63. The molecular weight excluding hydrogens is 260 g/mol. The first kappa shape index (κ1) is 14.8. The van der Waals surface area contributed by atoms with Crippen LogP contribution in [0.2, 0.25) is 0 Å². The van der Waals surface area contributed by atoms with Crippen molar-refractivity contribution in [3.05, 3.63) is 59.7 Å². The van der Waals surface area contributed by atoms with Crippen molar-refractivity contribution < 1.29 is 17.6 Å². The van der Waals surface area contributed by atoms with Crippen molar-refractivity contribution in [1.29, 1.82) is 0 Å². The Hall–Kier alpha value is -2.24. The first-order chi connectivity index (χ1) is 8.90. The summed E-state index contributed by atoms with van der Waals surface area (Å²) in [6.45, 7) is 0. The highest BCUT2D eigenvalue weighted by atomic mass is 19.1. The van der Waals surface area contributed by atoms with Gasteiger partial charge in [0.05, 0.1) is 0 Å². The Kier molecular flexibility index (Phi) is 5.17. The van der Waals surface area contributed by atoms with E-state index in [-0.39, 0.29) is 5.69 Å². The van der Waals surface area contributed by atoms with E-state index in [2.05, 4.69) is 5.32 Å². The van der Waals surface area contributed by atoms with Gasteiger partial charge in [-0.3, -0.25) is 0 Å².